The zero-order valence-electron chi connectivity index (χ0n) is 8.46. The molecular weight excluding hydrogens is 182 g/mol. The second-order valence-electron chi connectivity index (χ2n) is 4.28. The van der Waals surface area contributed by atoms with Crippen LogP contribution in [0.4, 0.5) is 0 Å². The van der Waals surface area contributed by atoms with E-state index in [1.54, 1.807) is 6.07 Å². The number of aromatic nitrogens is 1. The van der Waals surface area contributed by atoms with Crippen molar-refractivity contribution in [1.82, 2.24) is 4.57 Å². The summed E-state index contributed by atoms with van der Waals surface area (Å²) in [5.74, 6) is 0.156. The molecule has 0 amide bonds. The van der Waals surface area contributed by atoms with Crippen LogP contribution < -0.4 is 0 Å². The number of ketones is 1. The maximum absolute atomic E-state index is 11.8. The Labute approximate surface area is 84.4 Å². The highest BCUT2D eigenvalue weighted by atomic mass is 32.1. The van der Waals surface area contributed by atoms with Gasteiger partial charge in [0.2, 0.25) is 0 Å². The van der Waals surface area contributed by atoms with Crippen LogP contribution in [-0.2, 0) is 7.05 Å². The highest BCUT2D eigenvalue weighted by Crippen LogP contribution is 2.22. The smallest absolute Gasteiger partial charge is 0.169 e. The molecule has 1 aromatic heterocycles. The lowest BCUT2D eigenvalue weighted by atomic mass is 9.88. The summed E-state index contributed by atoms with van der Waals surface area (Å²) in [4.78, 5) is 11.8. The van der Waals surface area contributed by atoms with Crippen molar-refractivity contribution in [2.45, 2.75) is 25.8 Å². The number of Topliss-reactive ketones (excluding diaryl/α,β-unsaturated/α-hetero) is 1. The van der Waals surface area contributed by atoms with Gasteiger partial charge in [-0.25, -0.2) is 0 Å². The van der Waals surface area contributed by atoms with E-state index in [1.165, 1.54) is 0 Å². The number of carbonyl (C=O) groups excluding carboxylic acids is 1. The first kappa shape index (κ1) is 10.4. The normalized spacial score (nSPS) is 11.8. The van der Waals surface area contributed by atoms with Gasteiger partial charge in [0.25, 0.3) is 0 Å². The number of aryl methyl sites for hydroxylation is 1. The van der Waals surface area contributed by atoms with E-state index in [4.69, 9.17) is 0 Å². The summed E-state index contributed by atoms with van der Waals surface area (Å²) in [7, 11) is 1.88. The molecule has 1 aromatic rings. The molecule has 13 heavy (non-hydrogen) atoms. The van der Waals surface area contributed by atoms with E-state index in [0.717, 1.165) is 10.6 Å². The van der Waals surface area contributed by atoms with E-state index < -0.39 is 0 Å². The fourth-order valence-corrected chi connectivity index (χ4v) is 1.31. The molecule has 0 unspecified atom stereocenters. The molecule has 0 aliphatic rings. The van der Waals surface area contributed by atoms with Crippen LogP contribution in [-0.4, -0.2) is 10.4 Å². The Hall–Kier alpha value is -0.700. The van der Waals surface area contributed by atoms with E-state index in [2.05, 4.69) is 12.6 Å². The molecule has 0 aliphatic heterocycles. The van der Waals surface area contributed by atoms with Gasteiger partial charge >= 0.3 is 0 Å². The SMILES string of the molecule is Cn1cc(C(=O)C(C)(C)C)cc1S. The van der Waals surface area contributed by atoms with E-state index >= 15 is 0 Å². The number of thiol groups is 1. The molecule has 1 rings (SSSR count). The van der Waals surface area contributed by atoms with Crippen molar-refractivity contribution >= 4 is 18.4 Å². The third-order valence-corrected chi connectivity index (χ3v) is 2.37. The summed E-state index contributed by atoms with van der Waals surface area (Å²) in [6, 6.07) is 1.80. The minimum Gasteiger partial charge on any atom is -0.345 e. The first-order valence-corrected chi connectivity index (χ1v) is 4.67. The van der Waals surface area contributed by atoms with Crippen LogP contribution >= 0.6 is 12.6 Å². The Bertz CT molecular complexity index is 314. The van der Waals surface area contributed by atoms with Crippen LogP contribution in [0.15, 0.2) is 17.3 Å². The predicted molar refractivity (Wildman–Crippen MR) is 56.5 cm³/mol. The average Bonchev–Trinajstić information content (AvgIpc) is 2.29. The standard InChI is InChI=1S/C10H15NOS/c1-10(2,3)9(12)7-5-8(13)11(4)6-7/h5-6,13H,1-4H3. The fraction of sp³-hybridized carbons (Fsp3) is 0.500. The van der Waals surface area contributed by atoms with Gasteiger partial charge in [-0.3, -0.25) is 4.79 Å². The maximum atomic E-state index is 11.8. The Kier molecular flexibility index (Phi) is 2.57. The van der Waals surface area contributed by atoms with Crippen molar-refractivity contribution in [1.29, 1.82) is 0 Å². The van der Waals surface area contributed by atoms with Gasteiger partial charge < -0.3 is 4.57 Å². The fourth-order valence-electron chi connectivity index (χ4n) is 1.11. The summed E-state index contributed by atoms with van der Waals surface area (Å²) in [6.45, 7) is 5.75. The second-order valence-corrected chi connectivity index (χ2v) is 4.74. The number of carbonyl (C=O) groups is 1. The zero-order chi connectivity index (χ0) is 10.2. The molecule has 3 heteroatoms. The summed E-state index contributed by atoms with van der Waals surface area (Å²) < 4.78 is 1.84. The van der Waals surface area contributed by atoms with Crippen LogP contribution in [0.3, 0.4) is 0 Å². The lowest BCUT2D eigenvalue weighted by molar-refractivity contribution is 0.0858. The first-order chi connectivity index (χ1) is 5.82. The van der Waals surface area contributed by atoms with E-state index in [-0.39, 0.29) is 11.2 Å². The van der Waals surface area contributed by atoms with Gasteiger partial charge in [-0.1, -0.05) is 20.8 Å². The van der Waals surface area contributed by atoms with Crippen molar-refractivity contribution in [3.05, 3.63) is 17.8 Å². The van der Waals surface area contributed by atoms with Gasteiger partial charge in [0, 0.05) is 24.2 Å². The van der Waals surface area contributed by atoms with E-state index in [9.17, 15) is 4.79 Å². The van der Waals surface area contributed by atoms with Gasteiger partial charge in [0.15, 0.2) is 5.78 Å². The van der Waals surface area contributed by atoms with Gasteiger partial charge in [-0.05, 0) is 6.07 Å². The molecule has 0 atom stereocenters. The molecule has 0 spiro atoms. The Morgan fingerprint density at radius 3 is 2.31 bits per heavy atom. The molecule has 0 bridgehead atoms. The molecule has 0 fully saturated rings. The van der Waals surface area contributed by atoms with Crippen molar-refractivity contribution in [3.63, 3.8) is 0 Å². The third kappa shape index (κ3) is 2.15. The summed E-state index contributed by atoms with van der Waals surface area (Å²) >= 11 is 4.22. The zero-order valence-corrected chi connectivity index (χ0v) is 9.35. The molecule has 0 radical (unpaired) electrons. The number of nitrogens with zero attached hydrogens (tertiary/aromatic N) is 1. The van der Waals surface area contributed by atoms with E-state index in [0.29, 0.717) is 0 Å². The number of hydrogen-bond donors (Lipinski definition) is 1. The van der Waals surface area contributed by atoms with Crippen molar-refractivity contribution in [3.8, 4) is 0 Å². The first-order valence-electron chi connectivity index (χ1n) is 4.22. The molecular formula is C10H15NOS. The average molecular weight is 197 g/mol. The lowest BCUT2D eigenvalue weighted by Crippen LogP contribution is -2.19. The van der Waals surface area contributed by atoms with Crippen LogP contribution in [0.5, 0.6) is 0 Å². The van der Waals surface area contributed by atoms with Gasteiger partial charge in [0.1, 0.15) is 0 Å². The van der Waals surface area contributed by atoms with Gasteiger partial charge in [-0.2, -0.15) is 0 Å². The van der Waals surface area contributed by atoms with Crippen LogP contribution in [0.1, 0.15) is 31.1 Å². The van der Waals surface area contributed by atoms with Crippen LogP contribution in [0.2, 0.25) is 0 Å². The quantitative estimate of drug-likeness (QED) is 0.542. The summed E-state index contributed by atoms with van der Waals surface area (Å²) in [5.41, 5.74) is 0.418. The minimum absolute atomic E-state index is 0.156. The molecule has 0 saturated heterocycles. The molecule has 2 nitrogen and oxygen atoms in total. The summed E-state index contributed by atoms with van der Waals surface area (Å²) in [6.07, 6.45) is 1.82. The Morgan fingerprint density at radius 2 is 2.00 bits per heavy atom. The summed E-state index contributed by atoms with van der Waals surface area (Å²) in [5, 5.41) is 0.813. The van der Waals surface area contributed by atoms with Crippen LogP contribution in [0, 0.1) is 5.41 Å². The number of rotatable bonds is 1. The lowest BCUT2D eigenvalue weighted by Gasteiger charge is -2.14. The van der Waals surface area contributed by atoms with Gasteiger partial charge in [0.05, 0.1) is 5.03 Å². The minimum atomic E-state index is -0.318. The molecule has 72 valence electrons. The van der Waals surface area contributed by atoms with Gasteiger partial charge in [-0.15, -0.1) is 12.6 Å². The molecule has 0 N–H and O–H groups in total. The Balaban J connectivity index is 3.03. The second kappa shape index (κ2) is 3.22. The molecule has 0 saturated carbocycles. The molecule has 0 aliphatic carbocycles. The largest absolute Gasteiger partial charge is 0.345 e. The highest BCUT2D eigenvalue weighted by Gasteiger charge is 2.23. The van der Waals surface area contributed by atoms with Crippen molar-refractivity contribution in [2.24, 2.45) is 12.5 Å². The number of hydrogen-bond acceptors (Lipinski definition) is 2. The monoisotopic (exact) mass is 197 g/mol. The predicted octanol–water partition coefficient (Wildman–Crippen LogP) is 2.54. The molecule has 0 aromatic carbocycles. The third-order valence-electron chi connectivity index (χ3n) is 1.92. The van der Waals surface area contributed by atoms with Crippen molar-refractivity contribution < 1.29 is 4.79 Å². The Morgan fingerprint density at radius 1 is 1.46 bits per heavy atom. The van der Waals surface area contributed by atoms with Crippen LogP contribution in [0.25, 0.3) is 0 Å². The van der Waals surface area contributed by atoms with Crippen molar-refractivity contribution in [2.75, 3.05) is 0 Å². The topological polar surface area (TPSA) is 22.0 Å². The van der Waals surface area contributed by atoms with E-state index in [1.807, 2.05) is 38.6 Å². The molecule has 1 heterocycles. The highest BCUT2D eigenvalue weighted by molar-refractivity contribution is 7.80. The maximum Gasteiger partial charge on any atom is 0.169 e.